The minimum atomic E-state index is 0.311. The summed E-state index contributed by atoms with van der Waals surface area (Å²) in [6.45, 7) is 3.06. The molecule has 19 heavy (non-hydrogen) atoms. The van der Waals surface area contributed by atoms with Gasteiger partial charge in [0.05, 0.1) is 6.04 Å². The summed E-state index contributed by atoms with van der Waals surface area (Å²) in [5, 5.41) is 0. The van der Waals surface area contributed by atoms with Crippen LogP contribution in [0.15, 0.2) is 24.3 Å². The molecule has 1 saturated heterocycles. The van der Waals surface area contributed by atoms with Crippen molar-refractivity contribution in [3.8, 4) is 0 Å². The number of benzene rings is 1. The van der Waals surface area contributed by atoms with Gasteiger partial charge in [0.15, 0.2) is 0 Å². The number of carbonyl (C=O) groups excluding carboxylic acids is 1. The van der Waals surface area contributed by atoms with Crippen LogP contribution in [-0.4, -0.2) is 17.4 Å². The van der Waals surface area contributed by atoms with E-state index < -0.39 is 0 Å². The molecule has 3 rings (SSSR count). The Bertz CT molecular complexity index is 445. The normalized spacial score (nSPS) is 24.1. The summed E-state index contributed by atoms with van der Waals surface area (Å²) in [5.74, 6) is 0.728. The second-order valence-electron chi connectivity index (χ2n) is 6.08. The van der Waals surface area contributed by atoms with Crippen LogP contribution in [0, 0.1) is 12.8 Å². The molecule has 0 radical (unpaired) electrons. The zero-order valence-electron chi connectivity index (χ0n) is 11.8. The Hall–Kier alpha value is -1.31. The molecule has 1 unspecified atom stereocenters. The third kappa shape index (κ3) is 2.54. The Balaban J connectivity index is 1.77. The highest BCUT2D eigenvalue weighted by Gasteiger charge is 2.34. The fourth-order valence-corrected chi connectivity index (χ4v) is 3.57. The Morgan fingerprint density at radius 1 is 1.05 bits per heavy atom. The van der Waals surface area contributed by atoms with E-state index >= 15 is 0 Å². The molecule has 0 spiro atoms. The van der Waals surface area contributed by atoms with Gasteiger partial charge in [0.1, 0.15) is 0 Å². The zero-order valence-corrected chi connectivity index (χ0v) is 11.8. The van der Waals surface area contributed by atoms with Crippen molar-refractivity contribution in [1.29, 1.82) is 0 Å². The topological polar surface area (TPSA) is 20.3 Å². The van der Waals surface area contributed by atoms with Crippen LogP contribution in [0.3, 0.4) is 0 Å². The molecule has 1 saturated carbocycles. The standard InChI is InChI=1S/C17H23NO/c1-13-8-10-14(11-9-13)16-7-4-12-18(16)17(19)15-5-2-3-6-15/h8-11,15-16H,2-7,12H2,1H3. The molecule has 2 aliphatic rings. The van der Waals surface area contributed by atoms with Gasteiger partial charge in [-0.05, 0) is 38.2 Å². The fraction of sp³-hybridized carbons (Fsp3) is 0.588. The predicted molar refractivity (Wildman–Crippen MR) is 76.8 cm³/mol. The molecule has 0 N–H and O–H groups in total. The molecular formula is C17H23NO. The van der Waals surface area contributed by atoms with Crippen LogP contribution in [0.2, 0.25) is 0 Å². The maximum absolute atomic E-state index is 12.6. The molecule has 1 aromatic rings. The average Bonchev–Trinajstić information content (AvgIpc) is 3.10. The van der Waals surface area contributed by atoms with Crippen molar-refractivity contribution in [2.45, 2.75) is 51.5 Å². The second-order valence-corrected chi connectivity index (χ2v) is 6.08. The largest absolute Gasteiger partial charge is 0.335 e. The number of rotatable bonds is 2. The molecule has 0 bridgehead atoms. The van der Waals surface area contributed by atoms with E-state index in [1.54, 1.807) is 0 Å². The first-order valence-electron chi connectivity index (χ1n) is 7.63. The van der Waals surface area contributed by atoms with Gasteiger partial charge in [-0.3, -0.25) is 4.79 Å². The van der Waals surface area contributed by atoms with E-state index in [0.717, 1.165) is 32.2 Å². The molecule has 2 nitrogen and oxygen atoms in total. The summed E-state index contributed by atoms with van der Waals surface area (Å²) >= 11 is 0. The van der Waals surface area contributed by atoms with Crippen LogP contribution in [0.25, 0.3) is 0 Å². The van der Waals surface area contributed by atoms with Crippen molar-refractivity contribution in [3.63, 3.8) is 0 Å². The summed E-state index contributed by atoms with van der Waals surface area (Å²) in [5.41, 5.74) is 2.60. The molecular weight excluding hydrogens is 234 g/mol. The van der Waals surface area contributed by atoms with Crippen molar-refractivity contribution < 1.29 is 4.79 Å². The van der Waals surface area contributed by atoms with E-state index in [0.29, 0.717) is 17.9 Å². The molecule has 1 atom stereocenters. The number of hydrogen-bond acceptors (Lipinski definition) is 1. The van der Waals surface area contributed by atoms with Crippen LogP contribution in [0.4, 0.5) is 0 Å². The quantitative estimate of drug-likeness (QED) is 0.788. The van der Waals surface area contributed by atoms with Crippen molar-refractivity contribution in [1.82, 2.24) is 4.90 Å². The highest BCUT2D eigenvalue weighted by Crippen LogP contribution is 2.36. The van der Waals surface area contributed by atoms with Gasteiger partial charge >= 0.3 is 0 Å². The van der Waals surface area contributed by atoms with Gasteiger partial charge < -0.3 is 4.90 Å². The van der Waals surface area contributed by atoms with Gasteiger partial charge in [-0.15, -0.1) is 0 Å². The van der Waals surface area contributed by atoms with Gasteiger partial charge in [0, 0.05) is 12.5 Å². The van der Waals surface area contributed by atoms with Gasteiger partial charge in [0.25, 0.3) is 0 Å². The molecule has 1 aromatic carbocycles. The Morgan fingerprint density at radius 3 is 2.42 bits per heavy atom. The summed E-state index contributed by atoms with van der Waals surface area (Å²) in [4.78, 5) is 14.8. The predicted octanol–water partition coefficient (Wildman–Crippen LogP) is 3.85. The lowest BCUT2D eigenvalue weighted by atomic mass is 10.0. The average molecular weight is 257 g/mol. The first-order valence-corrected chi connectivity index (χ1v) is 7.63. The highest BCUT2D eigenvalue weighted by atomic mass is 16.2. The lowest BCUT2D eigenvalue weighted by molar-refractivity contribution is -0.136. The lowest BCUT2D eigenvalue weighted by Gasteiger charge is -2.27. The molecule has 1 amide bonds. The third-order valence-electron chi connectivity index (χ3n) is 4.70. The zero-order chi connectivity index (χ0) is 13.2. The maximum Gasteiger partial charge on any atom is 0.226 e. The summed E-state index contributed by atoms with van der Waals surface area (Å²) < 4.78 is 0. The van der Waals surface area contributed by atoms with Crippen molar-refractivity contribution >= 4 is 5.91 Å². The second kappa shape index (κ2) is 5.36. The van der Waals surface area contributed by atoms with Crippen molar-refractivity contribution in [2.24, 2.45) is 5.92 Å². The minimum Gasteiger partial charge on any atom is -0.335 e. The monoisotopic (exact) mass is 257 g/mol. The number of nitrogens with zero attached hydrogens (tertiary/aromatic N) is 1. The number of aryl methyl sites for hydroxylation is 1. The van der Waals surface area contributed by atoms with E-state index in [-0.39, 0.29) is 0 Å². The SMILES string of the molecule is Cc1ccc(C2CCCN2C(=O)C2CCCC2)cc1. The van der Waals surface area contributed by atoms with Crippen molar-refractivity contribution in [2.75, 3.05) is 6.54 Å². The van der Waals surface area contributed by atoms with E-state index in [9.17, 15) is 4.79 Å². The minimum absolute atomic E-state index is 0.311. The van der Waals surface area contributed by atoms with Gasteiger partial charge in [-0.2, -0.15) is 0 Å². The number of carbonyl (C=O) groups is 1. The molecule has 1 heterocycles. The van der Waals surface area contributed by atoms with E-state index in [1.807, 2.05) is 0 Å². The molecule has 1 aliphatic heterocycles. The molecule has 2 heteroatoms. The molecule has 102 valence electrons. The summed E-state index contributed by atoms with van der Waals surface area (Å²) in [6.07, 6.45) is 6.96. The van der Waals surface area contributed by atoms with Gasteiger partial charge in [0.2, 0.25) is 5.91 Å². The first kappa shape index (κ1) is 12.7. The van der Waals surface area contributed by atoms with Crippen LogP contribution in [0.1, 0.15) is 55.7 Å². The van der Waals surface area contributed by atoms with E-state index in [2.05, 4.69) is 36.1 Å². The van der Waals surface area contributed by atoms with Crippen LogP contribution in [0.5, 0.6) is 0 Å². The molecule has 2 fully saturated rings. The third-order valence-corrected chi connectivity index (χ3v) is 4.70. The Morgan fingerprint density at radius 2 is 1.74 bits per heavy atom. The molecule has 0 aromatic heterocycles. The maximum atomic E-state index is 12.6. The van der Waals surface area contributed by atoms with Gasteiger partial charge in [-0.25, -0.2) is 0 Å². The Kier molecular flexibility index (Phi) is 3.58. The number of hydrogen-bond donors (Lipinski definition) is 0. The van der Waals surface area contributed by atoms with Crippen LogP contribution in [-0.2, 0) is 4.79 Å². The number of likely N-dealkylation sites (tertiary alicyclic amines) is 1. The summed E-state index contributed by atoms with van der Waals surface area (Å²) in [7, 11) is 0. The van der Waals surface area contributed by atoms with Crippen LogP contribution >= 0.6 is 0 Å². The highest BCUT2D eigenvalue weighted by molar-refractivity contribution is 5.79. The van der Waals surface area contributed by atoms with E-state index in [1.165, 1.54) is 24.0 Å². The smallest absolute Gasteiger partial charge is 0.226 e. The van der Waals surface area contributed by atoms with Gasteiger partial charge in [-0.1, -0.05) is 42.7 Å². The lowest BCUT2D eigenvalue weighted by Crippen LogP contribution is -2.34. The van der Waals surface area contributed by atoms with Crippen molar-refractivity contribution in [3.05, 3.63) is 35.4 Å². The van der Waals surface area contributed by atoms with E-state index in [4.69, 9.17) is 0 Å². The van der Waals surface area contributed by atoms with Crippen LogP contribution < -0.4 is 0 Å². The molecule has 1 aliphatic carbocycles. The fourth-order valence-electron chi connectivity index (χ4n) is 3.57. The summed E-state index contributed by atoms with van der Waals surface area (Å²) in [6, 6.07) is 9.03. The Labute approximate surface area is 115 Å². The number of amides is 1. The first-order chi connectivity index (χ1) is 9.25.